The van der Waals surface area contributed by atoms with E-state index >= 15 is 0 Å². The molecular formula is C15H12BrFN2O2. The molecule has 0 fully saturated rings. The average Bonchev–Trinajstić information content (AvgIpc) is 2.46. The second-order valence-electron chi connectivity index (χ2n) is 4.64. The molecule has 3 rings (SSSR count). The first kappa shape index (κ1) is 13.9. The number of fused-ring (bicyclic) bond motifs is 1. The van der Waals surface area contributed by atoms with Crippen LogP contribution in [0.2, 0.25) is 0 Å². The predicted molar refractivity (Wildman–Crippen MR) is 82.0 cm³/mol. The smallest absolute Gasteiger partial charge is 0.262 e. The molecule has 1 heterocycles. The van der Waals surface area contributed by atoms with Crippen molar-refractivity contribution in [1.29, 1.82) is 0 Å². The number of carbonyl (C=O) groups is 1. The third-order valence-electron chi connectivity index (χ3n) is 3.11. The first-order valence-electron chi connectivity index (χ1n) is 6.36. The summed E-state index contributed by atoms with van der Waals surface area (Å²) in [4.78, 5) is 11.3. The number of amides is 1. The van der Waals surface area contributed by atoms with E-state index in [1.807, 2.05) is 6.07 Å². The monoisotopic (exact) mass is 350 g/mol. The standard InChI is InChI=1S/C15H12BrFN2O2/c16-10-2-1-9(12(17)5-10)7-18-11-3-4-14-13(6-11)19-15(20)8-21-14/h1-6,18H,7-8H2,(H,19,20). The SMILES string of the molecule is O=C1COc2ccc(NCc3ccc(Br)cc3F)cc2N1. The largest absolute Gasteiger partial charge is 0.482 e. The Hall–Kier alpha value is -2.08. The van der Waals surface area contributed by atoms with Crippen LogP contribution >= 0.6 is 15.9 Å². The second-order valence-corrected chi connectivity index (χ2v) is 5.55. The zero-order valence-electron chi connectivity index (χ0n) is 11.0. The van der Waals surface area contributed by atoms with Gasteiger partial charge in [-0.15, -0.1) is 0 Å². The van der Waals surface area contributed by atoms with Gasteiger partial charge in [-0.2, -0.15) is 0 Å². The van der Waals surface area contributed by atoms with Crippen LogP contribution in [0.4, 0.5) is 15.8 Å². The summed E-state index contributed by atoms with van der Waals surface area (Å²) in [6.07, 6.45) is 0. The predicted octanol–water partition coefficient (Wildman–Crippen LogP) is 3.53. The molecule has 0 bridgehead atoms. The van der Waals surface area contributed by atoms with Gasteiger partial charge in [0, 0.05) is 22.3 Å². The summed E-state index contributed by atoms with van der Waals surface area (Å²) in [7, 11) is 0. The minimum Gasteiger partial charge on any atom is -0.482 e. The molecule has 0 aromatic heterocycles. The molecule has 2 aromatic carbocycles. The van der Waals surface area contributed by atoms with Crippen molar-refractivity contribution in [2.24, 2.45) is 0 Å². The van der Waals surface area contributed by atoms with Gasteiger partial charge in [-0.3, -0.25) is 4.79 Å². The molecule has 0 atom stereocenters. The topological polar surface area (TPSA) is 50.4 Å². The first-order valence-corrected chi connectivity index (χ1v) is 7.15. The number of anilines is 2. The van der Waals surface area contributed by atoms with E-state index in [0.717, 1.165) is 5.69 Å². The molecule has 1 amide bonds. The molecule has 1 aliphatic heterocycles. The molecule has 2 aromatic rings. The molecule has 1 aliphatic rings. The van der Waals surface area contributed by atoms with Crippen molar-refractivity contribution in [3.8, 4) is 5.75 Å². The van der Waals surface area contributed by atoms with Crippen LogP contribution < -0.4 is 15.4 Å². The van der Waals surface area contributed by atoms with Crippen molar-refractivity contribution >= 4 is 33.2 Å². The van der Waals surface area contributed by atoms with E-state index in [1.165, 1.54) is 6.07 Å². The Morgan fingerprint density at radius 1 is 1.29 bits per heavy atom. The highest BCUT2D eigenvalue weighted by molar-refractivity contribution is 9.10. The quantitative estimate of drug-likeness (QED) is 0.890. The van der Waals surface area contributed by atoms with Gasteiger partial charge in [-0.1, -0.05) is 22.0 Å². The summed E-state index contributed by atoms with van der Waals surface area (Å²) < 4.78 is 19.7. The van der Waals surface area contributed by atoms with Crippen molar-refractivity contribution in [3.63, 3.8) is 0 Å². The molecule has 0 saturated heterocycles. The molecule has 2 N–H and O–H groups in total. The number of rotatable bonds is 3. The van der Waals surface area contributed by atoms with E-state index in [4.69, 9.17) is 4.74 Å². The molecule has 0 aliphatic carbocycles. The zero-order valence-corrected chi connectivity index (χ0v) is 12.5. The number of nitrogens with one attached hydrogen (secondary N) is 2. The Labute approximate surface area is 129 Å². The minimum atomic E-state index is -0.272. The molecule has 0 radical (unpaired) electrons. The van der Waals surface area contributed by atoms with Crippen LogP contribution in [0.15, 0.2) is 40.9 Å². The van der Waals surface area contributed by atoms with Gasteiger partial charge in [0.05, 0.1) is 5.69 Å². The summed E-state index contributed by atoms with van der Waals surface area (Å²) >= 11 is 3.22. The van der Waals surface area contributed by atoms with Crippen molar-refractivity contribution < 1.29 is 13.9 Å². The van der Waals surface area contributed by atoms with E-state index in [-0.39, 0.29) is 18.3 Å². The fraction of sp³-hybridized carbons (Fsp3) is 0.133. The Morgan fingerprint density at radius 3 is 2.95 bits per heavy atom. The zero-order chi connectivity index (χ0) is 14.8. The van der Waals surface area contributed by atoms with Crippen LogP contribution in [-0.2, 0) is 11.3 Å². The van der Waals surface area contributed by atoms with Crippen molar-refractivity contribution in [2.45, 2.75) is 6.54 Å². The van der Waals surface area contributed by atoms with Gasteiger partial charge in [0.15, 0.2) is 6.61 Å². The fourth-order valence-corrected chi connectivity index (χ4v) is 2.39. The Bertz CT molecular complexity index is 706. The Balaban J connectivity index is 1.73. The molecule has 108 valence electrons. The molecule has 21 heavy (non-hydrogen) atoms. The van der Waals surface area contributed by atoms with E-state index in [2.05, 4.69) is 26.6 Å². The van der Waals surface area contributed by atoms with Gasteiger partial charge in [-0.05, 0) is 30.3 Å². The highest BCUT2D eigenvalue weighted by Gasteiger charge is 2.15. The molecular weight excluding hydrogens is 339 g/mol. The van der Waals surface area contributed by atoms with Crippen LogP contribution in [-0.4, -0.2) is 12.5 Å². The lowest BCUT2D eigenvalue weighted by Gasteiger charge is -2.19. The lowest BCUT2D eigenvalue weighted by Crippen LogP contribution is -2.25. The average molecular weight is 351 g/mol. The lowest BCUT2D eigenvalue weighted by molar-refractivity contribution is -0.118. The number of carbonyl (C=O) groups excluding carboxylic acids is 1. The summed E-state index contributed by atoms with van der Waals surface area (Å²) in [5.74, 6) is 0.181. The summed E-state index contributed by atoms with van der Waals surface area (Å²) in [6, 6.07) is 10.3. The van der Waals surface area contributed by atoms with Crippen LogP contribution in [0.5, 0.6) is 5.75 Å². The highest BCUT2D eigenvalue weighted by Crippen LogP contribution is 2.30. The molecule has 0 spiro atoms. The van der Waals surface area contributed by atoms with E-state index in [0.29, 0.717) is 28.0 Å². The maximum atomic E-state index is 13.7. The van der Waals surface area contributed by atoms with Crippen LogP contribution in [0.1, 0.15) is 5.56 Å². The summed E-state index contributed by atoms with van der Waals surface area (Å²) in [5, 5.41) is 5.86. The number of hydrogen-bond donors (Lipinski definition) is 2. The first-order chi connectivity index (χ1) is 10.1. The van der Waals surface area contributed by atoms with Crippen LogP contribution in [0.25, 0.3) is 0 Å². The van der Waals surface area contributed by atoms with Crippen LogP contribution in [0.3, 0.4) is 0 Å². The third kappa shape index (κ3) is 3.16. The molecule has 0 saturated carbocycles. The lowest BCUT2D eigenvalue weighted by atomic mass is 10.2. The molecule has 6 heteroatoms. The van der Waals surface area contributed by atoms with E-state index in [1.54, 1.807) is 24.3 Å². The highest BCUT2D eigenvalue weighted by atomic mass is 79.9. The minimum absolute atomic E-state index is 0.0316. The Kier molecular flexibility index (Phi) is 3.79. The Morgan fingerprint density at radius 2 is 2.14 bits per heavy atom. The number of hydrogen-bond acceptors (Lipinski definition) is 3. The van der Waals surface area contributed by atoms with Gasteiger partial charge in [-0.25, -0.2) is 4.39 Å². The van der Waals surface area contributed by atoms with Gasteiger partial charge in [0.25, 0.3) is 5.91 Å². The van der Waals surface area contributed by atoms with Gasteiger partial charge >= 0.3 is 0 Å². The van der Waals surface area contributed by atoms with Gasteiger partial charge in [0.1, 0.15) is 11.6 Å². The summed E-state index contributed by atoms with van der Waals surface area (Å²) in [6.45, 7) is 0.385. The maximum Gasteiger partial charge on any atom is 0.262 e. The molecule has 4 nitrogen and oxygen atoms in total. The maximum absolute atomic E-state index is 13.7. The number of halogens is 2. The van der Waals surface area contributed by atoms with E-state index < -0.39 is 0 Å². The van der Waals surface area contributed by atoms with E-state index in [9.17, 15) is 9.18 Å². The van der Waals surface area contributed by atoms with Crippen molar-refractivity contribution in [3.05, 3.63) is 52.3 Å². The number of benzene rings is 2. The van der Waals surface area contributed by atoms with Gasteiger partial charge in [0.2, 0.25) is 0 Å². The van der Waals surface area contributed by atoms with Crippen molar-refractivity contribution in [2.75, 3.05) is 17.2 Å². The van der Waals surface area contributed by atoms with Crippen LogP contribution in [0, 0.1) is 5.82 Å². The normalized spacial score (nSPS) is 13.1. The number of ether oxygens (including phenoxy) is 1. The van der Waals surface area contributed by atoms with Crippen molar-refractivity contribution in [1.82, 2.24) is 0 Å². The second kappa shape index (κ2) is 5.73. The third-order valence-corrected chi connectivity index (χ3v) is 3.60. The fourth-order valence-electron chi connectivity index (χ4n) is 2.06. The molecule has 0 unspecified atom stereocenters. The van der Waals surface area contributed by atoms with Gasteiger partial charge < -0.3 is 15.4 Å². The summed E-state index contributed by atoms with van der Waals surface area (Å²) in [5.41, 5.74) is 1.96.